The number of rotatable bonds is 6. The number of hydrogen-bond acceptors (Lipinski definition) is 6. The van der Waals surface area contributed by atoms with E-state index in [1.165, 1.54) is 11.3 Å². The second kappa shape index (κ2) is 9.00. The number of benzene rings is 1. The van der Waals surface area contributed by atoms with Crippen molar-refractivity contribution in [1.29, 1.82) is 0 Å². The van der Waals surface area contributed by atoms with Gasteiger partial charge in [0.1, 0.15) is 11.5 Å². The predicted molar refractivity (Wildman–Crippen MR) is 128 cm³/mol. The normalized spacial score (nSPS) is 16.2. The number of pyridine rings is 1. The molecule has 0 atom stereocenters. The molecule has 5 rings (SSSR count). The van der Waals surface area contributed by atoms with Crippen LogP contribution in [-0.4, -0.2) is 37.1 Å². The largest absolute Gasteiger partial charge is 0.461 e. The number of carbonyl (C=O) groups is 1. The van der Waals surface area contributed by atoms with Crippen molar-refractivity contribution in [2.45, 2.75) is 36.5 Å². The molecule has 0 spiro atoms. The Kier molecular flexibility index (Phi) is 5.93. The third kappa shape index (κ3) is 4.69. The number of anilines is 2. The highest BCUT2D eigenvalue weighted by molar-refractivity contribution is 7.99. The average molecular weight is 449 g/mol. The molecule has 1 aliphatic heterocycles. The van der Waals surface area contributed by atoms with Crippen molar-refractivity contribution in [1.82, 2.24) is 10.3 Å². The lowest BCUT2D eigenvalue weighted by Gasteiger charge is -2.32. The first-order chi connectivity index (χ1) is 15.6. The summed E-state index contributed by atoms with van der Waals surface area (Å²) in [5, 5.41) is 6.43. The Balaban J connectivity index is 1.45. The van der Waals surface area contributed by atoms with E-state index in [0.717, 1.165) is 71.6 Å². The molecule has 32 heavy (non-hydrogen) atoms. The van der Waals surface area contributed by atoms with Crippen molar-refractivity contribution in [3.63, 3.8) is 0 Å². The van der Waals surface area contributed by atoms with Crippen LogP contribution < -0.4 is 15.5 Å². The predicted octanol–water partition coefficient (Wildman–Crippen LogP) is 4.87. The van der Waals surface area contributed by atoms with Gasteiger partial charge >= 0.3 is 0 Å². The highest BCUT2D eigenvalue weighted by atomic mass is 32.2. The zero-order valence-corrected chi connectivity index (χ0v) is 19.3. The van der Waals surface area contributed by atoms with Gasteiger partial charge in [-0.05, 0) is 62.6 Å². The van der Waals surface area contributed by atoms with Gasteiger partial charge in [0.25, 0.3) is 0 Å². The molecule has 1 amide bonds. The average Bonchev–Trinajstić information content (AvgIpc) is 3.55. The first-order valence-corrected chi connectivity index (χ1v) is 12.0. The van der Waals surface area contributed by atoms with E-state index < -0.39 is 0 Å². The minimum atomic E-state index is 0.0978. The number of piperazine rings is 1. The lowest BCUT2D eigenvalue weighted by atomic mass is 10.0. The first-order valence-electron chi connectivity index (χ1n) is 11.2. The van der Waals surface area contributed by atoms with Gasteiger partial charge in [0.15, 0.2) is 0 Å². The molecule has 166 valence electrons. The van der Waals surface area contributed by atoms with Gasteiger partial charge < -0.3 is 20.0 Å². The van der Waals surface area contributed by atoms with E-state index in [0.29, 0.717) is 0 Å². The monoisotopic (exact) mass is 448 g/mol. The van der Waals surface area contributed by atoms with Crippen molar-refractivity contribution in [2.75, 3.05) is 36.4 Å². The van der Waals surface area contributed by atoms with E-state index >= 15 is 0 Å². The van der Waals surface area contributed by atoms with Crippen LogP contribution in [0.15, 0.2) is 56.9 Å². The van der Waals surface area contributed by atoms with Gasteiger partial charge in [0, 0.05) is 53.6 Å². The lowest BCUT2D eigenvalue weighted by molar-refractivity contribution is -0.117. The standard InChI is InChI=1S/C25H28N4O2S/c1-16-11-20(32-21-12-19(14-27-15-21)28-25(30)18-4-5-18)13-22(23-6-3-17(2)31-23)24(16)29-9-7-26-8-10-29/h3,6,11-15,18,26H,4-5,7-10H2,1-2H3,(H,28,30). The summed E-state index contributed by atoms with van der Waals surface area (Å²) in [7, 11) is 0. The molecule has 1 saturated carbocycles. The summed E-state index contributed by atoms with van der Waals surface area (Å²) in [6, 6.07) is 10.5. The quantitative estimate of drug-likeness (QED) is 0.561. The number of nitrogens with zero attached hydrogens (tertiary/aromatic N) is 2. The Hall–Kier alpha value is -2.77. The molecule has 2 N–H and O–H groups in total. The first kappa shape index (κ1) is 21.1. The van der Waals surface area contributed by atoms with Crippen LogP contribution in [0, 0.1) is 19.8 Å². The van der Waals surface area contributed by atoms with Crippen LogP contribution in [0.4, 0.5) is 11.4 Å². The van der Waals surface area contributed by atoms with E-state index in [-0.39, 0.29) is 11.8 Å². The Morgan fingerprint density at radius 2 is 1.94 bits per heavy atom. The summed E-state index contributed by atoms with van der Waals surface area (Å²) in [6.45, 7) is 8.08. The molecular weight excluding hydrogens is 420 g/mol. The minimum Gasteiger partial charge on any atom is -0.461 e. The van der Waals surface area contributed by atoms with E-state index in [1.54, 1.807) is 18.0 Å². The fourth-order valence-corrected chi connectivity index (χ4v) is 5.13. The smallest absolute Gasteiger partial charge is 0.227 e. The van der Waals surface area contributed by atoms with Gasteiger partial charge in [-0.1, -0.05) is 11.8 Å². The van der Waals surface area contributed by atoms with Crippen molar-refractivity contribution in [3.05, 3.63) is 54.0 Å². The van der Waals surface area contributed by atoms with E-state index in [1.807, 2.05) is 25.3 Å². The zero-order chi connectivity index (χ0) is 22.1. The fourth-order valence-electron chi connectivity index (χ4n) is 4.15. The van der Waals surface area contributed by atoms with Crippen LogP contribution in [0.1, 0.15) is 24.2 Å². The molecule has 3 aromatic rings. The second-order valence-electron chi connectivity index (χ2n) is 8.56. The van der Waals surface area contributed by atoms with Gasteiger partial charge in [-0.15, -0.1) is 0 Å². The Labute approximate surface area is 192 Å². The third-order valence-electron chi connectivity index (χ3n) is 5.88. The van der Waals surface area contributed by atoms with Crippen LogP contribution in [0.3, 0.4) is 0 Å². The number of aromatic nitrogens is 1. The molecule has 0 radical (unpaired) electrons. The van der Waals surface area contributed by atoms with Gasteiger partial charge in [-0.3, -0.25) is 9.78 Å². The van der Waals surface area contributed by atoms with Gasteiger partial charge in [0.2, 0.25) is 5.91 Å². The number of nitrogens with one attached hydrogen (secondary N) is 2. The molecule has 0 unspecified atom stereocenters. The third-order valence-corrected chi connectivity index (χ3v) is 6.81. The maximum atomic E-state index is 12.1. The van der Waals surface area contributed by atoms with E-state index in [4.69, 9.17) is 4.42 Å². The maximum absolute atomic E-state index is 12.1. The summed E-state index contributed by atoms with van der Waals surface area (Å²) >= 11 is 1.65. The molecule has 1 aromatic carbocycles. The number of hydrogen-bond donors (Lipinski definition) is 2. The highest BCUT2D eigenvalue weighted by Crippen LogP contribution is 2.40. The van der Waals surface area contributed by atoms with Crippen LogP contribution in [0.2, 0.25) is 0 Å². The van der Waals surface area contributed by atoms with E-state index in [2.05, 4.69) is 45.6 Å². The summed E-state index contributed by atoms with van der Waals surface area (Å²) in [5.41, 5.74) is 4.34. The Morgan fingerprint density at radius 1 is 1.12 bits per heavy atom. The number of amides is 1. The van der Waals surface area contributed by atoms with Crippen LogP contribution in [-0.2, 0) is 4.79 Å². The number of furan rings is 1. The number of carbonyl (C=O) groups excluding carboxylic acids is 1. The fraction of sp³-hybridized carbons (Fsp3) is 0.360. The summed E-state index contributed by atoms with van der Waals surface area (Å²) in [4.78, 5) is 21.0. The van der Waals surface area contributed by atoms with Crippen LogP contribution in [0.25, 0.3) is 11.3 Å². The molecule has 2 aliphatic rings. The molecule has 3 heterocycles. The number of aryl methyl sites for hydroxylation is 2. The zero-order valence-electron chi connectivity index (χ0n) is 18.5. The van der Waals surface area contributed by atoms with Crippen molar-refractivity contribution < 1.29 is 9.21 Å². The molecule has 2 fully saturated rings. The molecule has 2 aromatic heterocycles. The molecule has 1 aliphatic carbocycles. The molecule has 6 nitrogen and oxygen atoms in total. The Bertz CT molecular complexity index is 1130. The lowest BCUT2D eigenvalue weighted by Crippen LogP contribution is -2.44. The van der Waals surface area contributed by atoms with Gasteiger partial charge in [0.05, 0.1) is 17.6 Å². The van der Waals surface area contributed by atoms with Crippen LogP contribution in [0.5, 0.6) is 0 Å². The van der Waals surface area contributed by atoms with Crippen LogP contribution >= 0.6 is 11.8 Å². The molecule has 1 saturated heterocycles. The topological polar surface area (TPSA) is 70.4 Å². The van der Waals surface area contributed by atoms with Gasteiger partial charge in [-0.2, -0.15) is 0 Å². The van der Waals surface area contributed by atoms with Crippen molar-refractivity contribution in [3.8, 4) is 11.3 Å². The molecular formula is C25H28N4O2S. The summed E-state index contributed by atoms with van der Waals surface area (Å²) in [6.07, 6.45) is 5.52. The summed E-state index contributed by atoms with van der Waals surface area (Å²) in [5.74, 6) is 2.07. The molecule has 0 bridgehead atoms. The second-order valence-corrected chi connectivity index (χ2v) is 9.71. The Morgan fingerprint density at radius 3 is 2.66 bits per heavy atom. The molecule has 7 heteroatoms. The van der Waals surface area contributed by atoms with Crippen molar-refractivity contribution in [2.24, 2.45) is 5.92 Å². The van der Waals surface area contributed by atoms with Crippen molar-refractivity contribution >= 4 is 29.0 Å². The maximum Gasteiger partial charge on any atom is 0.227 e. The summed E-state index contributed by atoms with van der Waals surface area (Å²) < 4.78 is 6.04. The highest BCUT2D eigenvalue weighted by Gasteiger charge is 2.29. The SMILES string of the molecule is Cc1ccc(-c2cc(Sc3cncc(NC(=O)C4CC4)c3)cc(C)c2N2CCNCC2)o1. The minimum absolute atomic E-state index is 0.0978. The van der Waals surface area contributed by atoms with E-state index in [9.17, 15) is 4.79 Å². The van der Waals surface area contributed by atoms with Gasteiger partial charge in [-0.25, -0.2) is 0 Å².